The molecule has 1 saturated carbocycles. The maximum Gasteiger partial charge on any atom is 0.312 e. The first kappa shape index (κ1) is 88.6. The van der Waals surface area contributed by atoms with Crippen molar-refractivity contribution in [3.05, 3.63) is 95.7 Å². The number of ketones is 4. The maximum absolute atomic E-state index is 14.7. The second-order valence-corrected chi connectivity index (χ2v) is 31.9. The predicted molar refractivity (Wildman–Crippen MR) is 401 cm³/mol. The van der Waals surface area contributed by atoms with Crippen LogP contribution >= 0.6 is 0 Å². The van der Waals surface area contributed by atoms with Crippen molar-refractivity contribution in [3.8, 4) is 0 Å². The number of carbonyl (C=O) groups excluding carboxylic acids is 10. The molecule has 1 aliphatic carbocycles. The molecule has 0 radical (unpaired) electrons. The van der Waals surface area contributed by atoms with Gasteiger partial charge in [-0.1, -0.05) is 130 Å². The summed E-state index contributed by atoms with van der Waals surface area (Å²) in [6, 6.07) is 12.6. The Bertz CT molecular complexity index is 3350. The first-order chi connectivity index (χ1) is 49.7. The number of Topliss-reactive ketones (excluding diaryl/α,β-unsaturated/α-hetero) is 4. The fourth-order valence-electron chi connectivity index (χ4n) is 14.8. The van der Waals surface area contributed by atoms with E-state index in [1.54, 1.807) is 72.3 Å². The average Bonchev–Trinajstić information content (AvgIpc) is 1.62. The smallest absolute Gasteiger partial charge is 0.312 e. The van der Waals surface area contributed by atoms with Crippen LogP contribution in [0, 0.1) is 47.3 Å². The highest BCUT2D eigenvalue weighted by molar-refractivity contribution is 7.89. The lowest BCUT2D eigenvalue weighted by molar-refractivity contribution is -0.149. The molecule has 0 spiro atoms. The molecule has 26 heteroatoms. The number of carbonyl (C=O) groups is 10. The van der Waals surface area contributed by atoms with E-state index in [0.717, 1.165) is 0 Å². The van der Waals surface area contributed by atoms with Crippen molar-refractivity contribution >= 4 is 68.7 Å². The van der Waals surface area contributed by atoms with Crippen molar-refractivity contribution in [2.75, 3.05) is 94.6 Å². The van der Waals surface area contributed by atoms with Gasteiger partial charge >= 0.3 is 6.03 Å². The number of methoxy groups -OCH3 is 2. The summed E-state index contributed by atoms with van der Waals surface area (Å²) < 4.78 is 59.7. The Morgan fingerprint density at radius 3 is 1.94 bits per heavy atom. The number of nitrogens with zero attached hydrogens (tertiary/aromatic N) is 4. The van der Waals surface area contributed by atoms with Crippen molar-refractivity contribution < 1.29 is 80.0 Å². The van der Waals surface area contributed by atoms with Gasteiger partial charge in [-0.05, 0) is 105 Å². The first-order valence-electron chi connectivity index (χ1n) is 37.5. The lowest BCUT2D eigenvalue weighted by atomic mass is 9.83. The number of primary amides is 1. The van der Waals surface area contributed by atoms with E-state index in [-0.39, 0.29) is 148 Å². The average molecular weight is 1490 g/mol. The largest absolute Gasteiger partial charge is 0.379 e. The number of allylic oxidation sites excluding steroid dienone is 1. The molecule has 11 atom stereocenters. The van der Waals surface area contributed by atoms with Gasteiger partial charge in [0.25, 0.3) is 5.91 Å². The van der Waals surface area contributed by atoms with Crippen LogP contribution in [-0.2, 0) is 94.4 Å². The van der Waals surface area contributed by atoms with E-state index in [4.69, 9.17) is 29.4 Å². The standard InChI is InChI=1S/C79H122N8O17S/c1-16-54(8)73(85(13)77(96)63(52(4)5)47-67(90)72(53(6)7)84(11)12)69(100-14)48-71(93)87-35-22-28-65(87)74(101-15)56(10)66(89)45-59(43-57-23-18-17-19-24-57)75(94)83-105(98,99)50-58-25-20-26-60(44-58)79(32-33-79)49-68(91)64(27-21-34-81-78(80)97)82-76(95)62(51(2)3)46-61(88)31-37-102-39-41-104-42-40-103-38-36-86-55(9)29-30-70(86)92/h17-20,23-26,29-30,44,51-54,56,59,62-65,69,72-74H,9,16,21-22,27-28,31-43,45-50H2,1-8,10-15H3,(H,82,95)(H,83,94)(H3,80,81,97)/t54-,56-,59+,62-,63-,64-,65-,69+,72-,73-,74+/m0/s1. The zero-order valence-corrected chi connectivity index (χ0v) is 65.6. The zero-order chi connectivity index (χ0) is 77.9. The van der Waals surface area contributed by atoms with Crippen LogP contribution in [0.2, 0.25) is 0 Å². The lowest BCUT2D eigenvalue weighted by Gasteiger charge is -2.41. The third-order valence-electron chi connectivity index (χ3n) is 21.1. The number of likely N-dealkylation sites (N-methyl/N-ethyl adjacent to an activating group) is 2. The summed E-state index contributed by atoms with van der Waals surface area (Å²) >= 11 is 0. The van der Waals surface area contributed by atoms with E-state index >= 15 is 0 Å². The van der Waals surface area contributed by atoms with Crippen molar-refractivity contribution in [1.82, 2.24) is 35.0 Å². The minimum Gasteiger partial charge on any atom is -0.379 e. The van der Waals surface area contributed by atoms with Gasteiger partial charge in [0.2, 0.25) is 33.7 Å². The summed E-state index contributed by atoms with van der Waals surface area (Å²) in [7, 11) is 4.05. The Kier molecular flexibility index (Phi) is 36.3. The highest BCUT2D eigenvalue weighted by Crippen LogP contribution is 2.52. The highest BCUT2D eigenvalue weighted by atomic mass is 32.2. The van der Waals surface area contributed by atoms with Crippen LogP contribution in [0.1, 0.15) is 162 Å². The molecule has 2 heterocycles. The molecule has 2 aromatic carbocycles. The molecule has 105 heavy (non-hydrogen) atoms. The number of sulfonamides is 1. The minimum atomic E-state index is -4.42. The van der Waals surface area contributed by atoms with Gasteiger partial charge in [-0.25, -0.2) is 13.2 Å². The number of ether oxygens (including phenoxy) is 5. The van der Waals surface area contributed by atoms with Crippen molar-refractivity contribution in [1.29, 1.82) is 0 Å². The third-order valence-corrected chi connectivity index (χ3v) is 22.3. The van der Waals surface area contributed by atoms with Gasteiger partial charge in [-0.3, -0.25) is 52.8 Å². The quantitative estimate of drug-likeness (QED) is 0.0461. The second-order valence-electron chi connectivity index (χ2n) is 30.2. The summed E-state index contributed by atoms with van der Waals surface area (Å²) in [5.74, 6) is -7.23. The van der Waals surface area contributed by atoms with Gasteiger partial charge < -0.3 is 54.8 Å². The lowest BCUT2D eigenvalue weighted by Crippen LogP contribution is -2.54. The van der Waals surface area contributed by atoms with E-state index in [0.29, 0.717) is 93.8 Å². The van der Waals surface area contributed by atoms with Crippen molar-refractivity contribution in [2.24, 2.45) is 53.1 Å². The van der Waals surface area contributed by atoms with E-state index in [2.05, 4.69) is 21.9 Å². The molecule has 586 valence electrons. The molecule has 25 nitrogen and oxygen atoms in total. The molecular formula is C79H122N8O17S. The summed E-state index contributed by atoms with van der Waals surface area (Å²) in [6.07, 6.45) is 4.64. The molecule has 2 fully saturated rings. The van der Waals surface area contributed by atoms with Gasteiger partial charge in [-0.2, -0.15) is 0 Å². The normalized spacial score (nSPS) is 17.9. The zero-order valence-electron chi connectivity index (χ0n) is 64.8. The fraction of sp³-hybridized carbons (Fsp3) is 0.671. The summed E-state index contributed by atoms with van der Waals surface area (Å²) in [5.41, 5.74) is 6.99. The van der Waals surface area contributed by atoms with Gasteiger partial charge in [0.15, 0.2) is 11.6 Å². The summed E-state index contributed by atoms with van der Waals surface area (Å²) in [6.45, 7) is 23.5. The van der Waals surface area contributed by atoms with E-state index in [9.17, 15) is 56.4 Å². The molecule has 3 aliphatic rings. The Hall–Kier alpha value is -7.07. The molecule has 0 bridgehead atoms. The second kappa shape index (κ2) is 43.1. The number of hydrogen-bond donors (Lipinski definition) is 4. The van der Waals surface area contributed by atoms with Crippen molar-refractivity contribution in [3.63, 3.8) is 0 Å². The minimum absolute atomic E-state index is 0.00590. The topological polar surface area (TPSA) is 326 Å². The number of nitrogens with two attached hydrogens (primary N) is 1. The maximum atomic E-state index is 14.7. The third kappa shape index (κ3) is 27.3. The predicted octanol–water partition coefficient (Wildman–Crippen LogP) is 7.70. The number of urea groups is 1. The highest BCUT2D eigenvalue weighted by Gasteiger charge is 2.48. The molecule has 0 unspecified atom stereocenters. The monoisotopic (exact) mass is 1490 g/mol. The SMILES string of the molecule is C=C1C=CC(=O)N1CCOCCOCCOCCC(=O)C[C@H](C(=O)N[C@@H](CCCNC(N)=O)C(=O)CC1(c2cccc(CS(=O)(=O)NC(=O)[C@@H](CC(=O)[C@H](C)[C@@H](OC)[C@@H]3CCCN3C(=O)C[C@@H](OC)[C@H]([C@@H](C)CC)N(C)C(=O)[C@@H](CC(=O)[C@H](C(C)C)N(C)C)C(C)C)Cc3ccccc3)c2)CC1)C(C)C. The van der Waals surface area contributed by atoms with Crippen LogP contribution < -0.4 is 21.1 Å². The van der Waals surface area contributed by atoms with Gasteiger partial charge in [0, 0.05) is 114 Å². The first-order valence-corrected chi connectivity index (χ1v) is 39.2. The fourth-order valence-corrected chi connectivity index (χ4v) is 15.9. The molecule has 0 aromatic heterocycles. The van der Waals surface area contributed by atoms with E-state index < -0.39 is 93.0 Å². The van der Waals surface area contributed by atoms with Crippen LogP contribution in [-0.4, -0.2) is 218 Å². The van der Waals surface area contributed by atoms with Crippen LogP contribution in [0.15, 0.2) is 79.0 Å². The summed E-state index contributed by atoms with van der Waals surface area (Å²) in [4.78, 5) is 144. The van der Waals surface area contributed by atoms with Crippen LogP contribution in [0.25, 0.3) is 0 Å². The van der Waals surface area contributed by atoms with Gasteiger partial charge in [-0.15, -0.1) is 0 Å². The number of rotatable bonds is 51. The van der Waals surface area contributed by atoms with Crippen LogP contribution in [0.3, 0.4) is 0 Å². The molecule has 2 aliphatic heterocycles. The van der Waals surface area contributed by atoms with Crippen LogP contribution in [0.4, 0.5) is 4.79 Å². The molecular weight excluding hydrogens is 1360 g/mol. The molecule has 1 saturated heterocycles. The van der Waals surface area contributed by atoms with Gasteiger partial charge in [0.05, 0.1) is 88.2 Å². The van der Waals surface area contributed by atoms with E-state index in [1.807, 2.05) is 86.5 Å². The Labute approximate surface area is 624 Å². The number of nitrogens with one attached hydrogen (secondary N) is 3. The molecule has 7 amide bonds. The molecule has 5 N–H and O–H groups in total. The number of hydrogen-bond acceptors (Lipinski definition) is 18. The molecule has 2 aromatic rings. The Balaban J connectivity index is 1.22. The number of amides is 7. The van der Waals surface area contributed by atoms with Crippen molar-refractivity contribution in [2.45, 2.75) is 200 Å². The Morgan fingerprint density at radius 1 is 0.733 bits per heavy atom. The summed E-state index contributed by atoms with van der Waals surface area (Å²) in [5, 5.41) is 5.46. The Morgan fingerprint density at radius 2 is 1.37 bits per heavy atom. The van der Waals surface area contributed by atoms with Crippen LogP contribution in [0.5, 0.6) is 0 Å². The number of benzene rings is 2. The molecule has 5 rings (SSSR count). The number of likely N-dealkylation sites (tertiary alicyclic amines) is 1. The van der Waals surface area contributed by atoms with E-state index in [1.165, 1.54) is 25.2 Å². The van der Waals surface area contributed by atoms with Gasteiger partial charge in [0.1, 0.15) is 11.6 Å².